The maximum Gasteiger partial charge on any atom is 0.255 e. The molecule has 4 rings (SSSR count). The molecule has 2 aliphatic rings. The average Bonchev–Trinajstić information content (AvgIpc) is 2.90. The Morgan fingerprint density at radius 1 is 0.974 bits per heavy atom. The van der Waals surface area contributed by atoms with Crippen LogP contribution in [-0.4, -0.2) is 83.4 Å². The second-order valence-electron chi connectivity index (χ2n) is 9.34. The molecule has 0 unspecified atom stereocenters. The zero-order valence-electron chi connectivity index (χ0n) is 22.4. The maximum atomic E-state index is 13.2. The van der Waals surface area contributed by atoms with E-state index in [1.54, 1.807) is 6.07 Å². The summed E-state index contributed by atoms with van der Waals surface area (Å²) in [5, 5.41) is 2.91. The molecule has 1 amide bonds. The number of carbonyl (C=O) groups is 1. The number of hydrogen-bond acceptors (Lipinski definition) is 8. The molecule has 2 fully saturated rings. The van der Waals surface area contributed by atoms with Crippen molar-refractivity contribution >= 4 is 27.3 Å². The minimum atomic E-state index is -3.70. The first-order valence-electron chi connectivity index (χ1n) is 13.1. The van der Waals surface area contributed by atoms with Gasteiger partial charge in [-0.2, -0.15) is 4.31 Å². The molecule has 2 saturated heterocycles. The van der Waals surface area contributed by atoms with Crippen molar-refractivity contribution in [2.24, 2.45) is 0 Å². The van der Waals surface area contributed by atoms with Crippen LogP contribution < -0.4 is 19.7 Å². The van der Waals surface area contributed by atoms with Crippen molar-refractivity contribution in [1.82, 2.24) is 4.31 Å². The third-order valence-corrected chi connectivity index (χ3v) is 8.25. The van der Waals surface area contributed by atoms with E-state index < -0.39 is 10.0 Å². The number of anilines is 2. The van der Waals surface area contributed by atoms with Gasteiger partial charge in [-0.15, -0.1) is 0 Å². The Morgan fingerprint density at radius 3 is 2.18 bits per heavy atom. The van der Waals surface area contributed by atoms with E-state index in [-0.39, 0.29) is 36.1 Å². The SMILES string of the molecule is CCOc1cc(N2CCOCC2)c(OCC)cc1NC(=O)c1ccc(S(=O)(=O)N2C[C@@H](C)O[C@@H](C)C2)cc1. The Balaban J connectivity index is 1.55. The van der Waals surface area contributed by atoms with Gasteiger partial charge in [0.25, 0.3) is 5.91 Å². The molecule has 0 aliphatic carbocycles. The predicted molar refractivity (Wildman–Crippen MR) is 145 cm³/mol. The number of amides is 1. The summed E-state index contributed by atoms with van der Waals surface area (Å²) >= 11 is 0. The predicted octanol–water partition coefficient (Wildman–Crippen LogP) is 3.37. The van der Waals surface area contributed by atoms with Crippen LogP contribution in [0.1, 0.15) is 38.1 Å². The highest BCUT2D eigenvalue weighted by Gasteiger charge is 2.32. The number of morpholine rings is 2. The number of sulfonamides is 1. The Morgan fingerprint density at radius 2 is 1.58 bits per heavy atom. The van der Waals surface area contributed by atoms with Crippen LogP contribution in [0.15, 0.2) is 41.3 Å². The molecule has 11 heteroatoms. The van der Waals surface area contributed by atoms with Crippen molar-refractivity contribution in [2.45, 2.75) is 44.8 Å². The van der Waals surface area contributed by atoms with Gasteiger partial charge in [0.1, 0.15) is 11.5 Å². The molecule has 0 radical (unpaired) electrons. The van der Waals surface area contributed by atoms with Crippen LogP contribution in [0.3, 0.4) is 0 Å². The van der Waals surface area contributed by atoms with Crippen molar-refractivity contribution < 1.29 is 32.2 Å². The first kappa shape index (κ1) is 28.2. The number of ether oxygens (including phenoxy) is 4. The van der Waals surface area contributed by atoms with E-state index in [9.17, 15) is 13.2 Å². The summed E-state index contributed by atoms with van der Waals surface area (Å²) in [6.45, 7) is 11.7. The molecule has 2 aromatic carbocycles. The second kappa shape index (κ2) is 12.3. The summed E-state index contributed by atoms with van der Waals surface area (Å²) in [6, 6.07) is 9.62. The van der Waals surface area contributed by atoms with Gasteiger partial charge in [-0.25, -0.2) is 8.42 Å². The van der Waals surface area contributed by atoms with Gasteiger partial charge in [0.2, 0.25) is 10.0 Å². The first-order chi connectivity index (χ1) is 18.2. The molecule has 10 nitrogen and oxygen atoms in total. The molecule has 208 valence electrons. The average molecular weight is 548 g/mol. The van der Waals surface area contributed by atoms with E-state index in [1.807, 2.05) is 33.8 Å². The Labute approximate surface area is 224 Å². The topological polar surface area (TPSA) is 107 Å². The van der Waals surface area contributed by atoms with E-state index in [2.05, 4.69) is 10.2 Å². The van der Waals surface area contributed by atoms with Gasteiger partial charge in [-0.05, 0) is 52.0 Å². The van der Waals surface area contributed by atoms with E-state index in [0.29, 0.717) is 49.2 Å². The Bertz CT molecular complexity index is 1200. The van der Waals surface area contributed by atoms with Crippen molar-refractivity contribution in [3.63, 3.8) is 0 Å². The van der Waals surface area contributed by atoms with Gasteiger partial charge in [-0.1, -0.05) is 0 Å². The molecule has 2 atom stereocenters. The molecule has 2 aliphatic heterocycles. The lowest BCUT2D eigenvalue weighted by atomic mass is 10.1. The highest BCUT2D eigenvalue weighted by molar-refractivity contribution is 7.89. The lowest BCUT2D eigenvalue weighted by Crippen LogP contribution is -2.48. The van der Waals surface area contributed by atoms with Crippen LogP contribution in [0.25, 0.3) is 0 Å². The van der Waals surface area contributed by atoms with Crippen LogP contribution in [0.4, 0.5) is 11.4 Å². The number of rotatable bonds is 9. The van der Waals surface area contributed by atoms with Gasteiger partial charge in [0.05, 0.1) is 54.9 Å². The Hall–Kier alpha value is -2.86. The highest BCUT2D eigenvalue weighted by Crippen LogP contribution is 2.39. The minimum absolute atomic E-state index is 0.138. The number of nitrogens with one attached hydrogen (secondary N) is 1. The maximum absolute atomic E-state index is 13.2. The zero-order valence-corrected chi connectivity index (χ0v) is 23.3. The fourth-order valence-electron chi connectivity index (χ4n) is 4.69. The van der Waals surface area contributed by atoms with Gasteiger partial charge in [0, 0.05) is 43.9 Å². The highest BCUT2D eigenvalue weighted by atomic mass is 32.2. The van der Waals surface area contributed by atoms with Gasteiger partial charge < -0.3 is 29.2 Å². The quantitative estimate of drug-likeness (QED) is 0.509. The van der Waals surface area contributed by atoms with Crippen molar-refractivity contribution in [1.29, 1.82) is 0 Å². The summed E-state index contributed by atoms with van der Waals surface area (Å²) in [5.74, 6) is 0.786. The normalized spacial score (nSPS) is 20.7. The number of benzene rings is 2. The van der Waals surface area contributed by atoms with Crippen molar-refractivity contribution in [3.8, 4) is 11.5 Å². The van der Waals surface area contributed by atoms with Gasteiger partial charge in [0.15, 0.2) is 0 Å². The number of carbonyl (C=O) groups excluding carboxylic acids is 1. The molecule has 0 spiro atoms. The fraction of sp³-hybridized carbons (Fsp3) is 0.519. The monoisotopic (exact) mass is 547 g/mol. The first-order valence-corrected chi connectivity index (χ1v) is 14.5. The molecule has 2 heterocycles. The lowest BCUT2D eigenvalue weighted by molar-refractivity contribution is -0.0440. The molecule has 0 bridgehead atoms. The minimum Gasteiger partial charge on any atom is -0.492 e. The van der Waals surface area contributed by atoms with Gasteiger partial charge >= 0.3 is 0 Å². The summed E-state index contributed by atoms with van der Waals surface area (Å²) in [6.07, 6.45) is -0.372. The van der Waals surface area contributed by atoms with E-state index >= 15 is 0 Å². The smallest absolute Gasteiger partial charge is 0.255 e. The molecular weight excluding hydrogens is 510 g/mol. The van der Waals surface area contributed by atoms with E-state index in [4.69, 9.17) is 18.9 Å². The molecular formula is C27H37N3O7S. The number of hydrogen-bond donors (Lipinski definition) is 1. The number of nitrogens with zero attached hydrogens (tertiary/aromatic N) is 2. The third kappa shape index (κ3) is 6.40. The molecule has 0 aromatic heterocycles. The summed E-state index contributed by atoms with van der Waals surface area (Å²) in [7, 11) is -3.70. The standard InChI is InChI=1S/C27H37N3O7S/c1-5-35-25-16-24(29-11-13-34-14-12-29)26(36-6-2)15-23(25)28-27(31)21-7-9-22(10-8-21)38(32,33)30-17-19(3)37-20(4)18-30/h7-10,15-16,19-20H,5-6,11-14,17-18H2,1-4H3,(H,28,31)/t19-,20+. The summed E-state index contributed by atoms with van der Waals surface area (Å²) < 4.78 is 50.7. The lowest BCUT2D eigenvalue weighted by Gasteiger charge is -2.34. The van der Waals surface area contributed by atoms with E-state index in [0.717, 1.165) is 18.8 Å². The third-order valence-electron chi connectivity index (χ3n) is 6.40. The van der Waals surface area contributed by atoms with Gasteiger partial charge in [-0.3, -0.25) is 4.79 Å². The van der Waals surface area contributed by atoms with E-state index in [1.165, 1.54) is 28.6 Å². The Kier molecular flexibility index (Phi) is 9.14. The van der Waals surface area contributed by atoms with Crippen LogP contribution in [0.2, 0.25) is 0 Å². The van der Waals surface area contributed by atoms with Crippen LogP contribution in [0, 0.1) is 0 Å². The zero-order chi connectivity index (χ0) is 27.3. The largest absolute Gasteiger partial charge is 0.492 e. The van der Waals surface area contributed by atoms with Crippen LogP contribution in [-0.2, 0) is 19.5 Å². The van der Waals surface area contributed by atoms with Crippen LogP contribution >= 0.6 is 0 Å². The fourth-order valence-corrected chi connectivity index (χ4v) is 6.28. The molecule has 1 N–H and O–H groups in total. The van der Waals surface area contributed by atoms with Crippen molar-refractivity contribution in [3.05, 3.63) is 42.0 Å². The summed E-state index contributed by atoms with van der Waals surface area (Å²) in [4.78, 5) is 15.5. The molecule has 2 aromatic rings. The van der Waals surface area contributed by atoms with Crippen LogP contribution in [0.5, 0.6) is 11.5 Å². The second-order valence-corrected chi connectivity index (χ2v) is 11.3. The molecule has 38 heavy (non-hydrogen) atoms. The molecule has 0 saturated carbocycles. The van der Waals surface area contributed by atoms with Crippen molar-refractivity contribution in [2.75, 3.05) is 62.8 Å². The summed E-state index contributed by atoms with van der Waals surface area (Å²) in [5.41, 5.74) is 1.69.